The molecule has 2 N–H and O–H groups in total. The van der Waals surface area contributed by atoms with Crippen LogP contribution in [0.1, 0.15) is 20.3 Å². The van der Waals surface area contributed by atoms with Gasteiger partial charge >= 0.3 is 0 Å². The van der Waals surface area contributed by atoms with Crippen LogP contribution in [0.15, 0.2) is 24.3 Å². The summed E-state index contributed by atoms with van der Waals surface area (Å²) in [5.41, 5.74) is 6.05. The van der Waals surface area contributed by atoms with Gasteiger partial charge in [0.1, 0.15) is 5.75 Å². The number of para-hydroxylation sites is 2. The molecule has 19 heavy (non-hydrogen) atoms. The highest BCUT2D eigenvalue weighted by Gasteiger charge is 2.27. The zero-order valence-electron chi connectivity index (χ0n) is 11.7. The largest absolute Gasteiger partial charge is 0.495 e. The summed E-state index contributed by atoms with van der Waals surface area (Å²) < 4.78 is 31.5. The first-order valence-corrected chi connectivity index (χ1v) is 7.80. The van der Waals surface area contributed by atoms with E-state index in [1.54, 1.807) is 32.0 Å². The molecule has 0 fully saturated rings. The van der Waals surface area contributed by atoms with Crippen molar-refractivity contribution in [3.05, 3.63) is 24.3 Å². The van der Waals surface area contributed by atoms with Gasteiger partial charge in [0, 0.05) is 6.54 Å². The van der Waals surface area contributed by atoms with Gasteiger partial charge in [-0.1, -0.05) is 12.1 Å². The van der Waals surface area contributed by atoms with Crippen LogP contribution in [-0.4, -0.2) is 33.9 Å². The van der Waals surface area contributed by atoms with Crippen molar-refractivity contribution in [2.24, 2.45) is 5.73 Å². The molecule has 1 rings (SSSR count). The maximum atomic E-state index is 12.4. The van der Waals surface area contributed by atoms with E-state index in [-0.39, 0.29) is 0 Å². The Morgan fingerprint density at radius 1 is 1.32 bits per heavy atom. The van der Waals surface area contributed by atoms with Crippen LogP contribution in [0.2, 0.25) is 0 Å². The minimum Gasteiger partial charge on any atom is -0.495 e. The number of nitrogens with two attached hydrogens (primary N) is 1. The predicted octanol–water partition coefficient (Wildman–Crippen LogP) is 1.59. The quantitative estimate of drug-likeness (QED) is 0.826. The second kappa shape index (κ2) is 6.77. The minimum absolute atomic E-state index is 0.359. The fraction of sp³-hybridized carbons (Fsp3) is 0.538. The summed E-state index contributed by atoms with van der Waals surface area (Å²) in [5.74, 6) is 0.545. The topological polar surface area (TPSA) is 72.6 Å². The van der Waals surface area contributed by atoms with E-state index in [9.17, 15) is 8.42 Å². The van der Waals surface area contributed by atoms with E-state index in [0.717, 1.165) is 0 Å². The SMILES string of the molecule is COc1ccccc1N(CCCN)S(=O)(=O)C(C)C. The van der Waals surface area contributed by atoms with E-state index < -0.39 is 15.3 Å². The zero-order chi connectivity index (χ0) is 14.5. The van der Waals surface area contributed by atoms with Gasteiger partial charge in [0.15, 0.2) is 0 Å². The van der Waals surface area contributed by atoms with Gasteiger partial charge in [0.25, 0.3) is 0 Å². The van der Waals surface area contributed by atoms with Gasteiger partial charge in [0.2, 0.25) is 10.0 Å². The Kier molecular flexibility index (Phi) is 5.62. The van der Waals surface area contributed by atoms with Crippen LogP contribution in [0.3, 0.4) is 0 Å². The van der Waals surface area contributed by atoms with Gasteiger partial charge in [-0.3, -0.25) is 4.31 Å². The normalized spacial score (nSPS) is 11.6. The highest BCUT2D eigenvalue weighted by Crippen LogP contribution is 2.31. The van der Waals surface area contributed by atoms with Gasteiger partial charge in [-0.25, -0.2) is 8.42 Å². The van der Waals surface area contributed by atoms with E-state index in [4.69, 9.17) is 10.5 Å². The number of hydrogen-bond donors (Lipinski definition) is 1. The molecule has 0 saturated carbocycles. The summed E-state index contributed by atoms with van der Waals surface area (Å²) in [6, 6.07) is 7.10. The Morgan fingerprint density at radius 3 is 2.47 bits per heavy atom. The number of methoxy groups -OCH3 is 1. The molecule has 6 heteroatoms. The molecule has 0 aliphatic rings. The molecule has 0 aliphatic heterocycles. The molecule has 0 atom stereocenters. The Morgan fingerprint density at radius 2 is 1.95 bits per heavy atom. The van der Waals surface area contributed by atoms with Crippen molar-refractivity contribution in [3.63, 3.8) is 0 Å². The third kappa shape index (κ3) is 3.61. The molecule has 0 heterocycles. The first-order valence-electron chi connectivity index (χ1n) is 6.29. The van der Waals surface area contributed by atoms with Gasteiger partial charge in [-0.15, -0.1) is 0 Å². The number of benzene rings is 1. The van der Waals surface area contributed by atoms with E-state index in [0.29, 0.717) is 30.9 Å². The molecule has 0 bridgehead atoms. The van der Waals surface area contributed by atoms with E-state index in [2.05, 4.69) is 0 Å². The predicted molar refractivity (Wildman–Crippen MR) is 78.1 cm³/mol. The molecule has 108 valence electrons. The fourth-order valence-electron chi connectivity index (χ4n) is 1.71. The number of hydrogen-bond acceptors (Lipinski definition) is 4. The van der Waals surface area contributed by atoms with Gasteiger partial charge in [0.05, 0.1) is 18.0 Å². The van der Waals surface area contributed by atoms with Crippen molar-refractivity contribution in [1.82, 2.24) is 0 Å². The number of ether oxygens (including phenoxy) is 1. The van der Waals surface area contributed by atoms with E-state index in [1.165, 1.54) is 11.4 Å². The van der Waals surface area contributed by atoms with Crippen molar-refractivity contribution >= 4 is 15.7 Å². The summed E-state index contributed by atoms with van der Waals surface area (Å²) in [5, 5.41) is -0.491. The zero-order valence-corrected chi connectivity index (χ0v) is 12.5. The summed E-state index contributed by atoms with van der Waals surface area (Å²) >= 11 is 0. The molecule has 0 unspecified atom stereocenters. The van der Waals surface area contributed by atoms with Crippen LogP contribution in [0, 0.1) is 0 Å². The average molecular weight is 286 g/mol. The molecule has 5 nitrogen and oxygen atoms in total. The number of sulfonamides is 1. The van der Waals surface area contributed by atoms with E-state index in [1.807, 2.05) is 6.07 Å². The Balaban J connectivity index is 3.24. The lowest BCUT2D eigenvalue weighted by atomic mass is 10.3. The van der Waals surface area contributed by atoms with Gasteiger partial charge < -0.3 is 10.5 Å². The van der Waals surface area contributed by atoms with Crippen LogP contribution in [0.5, 0.6) is 5.75 Å². The molecule has 0 amide bonds. The summed E-state index contributed by atoms with van der Waals surface area (Å²) in [6.07, 6.45) is 0.601. The van der Waals surface area contributed by atoms with Gasteiger partial charge in [-0.2, -0.15) is 0 Å². The molecule has 0 aliphatic carbocycles. The average Bonchev–Trinajstić information content (AvgIpc) is 2.39. The lowest BCUT2D eigenvalue weighted by Crippen LogP contribution is -2.38. The fourth-order valence-corrected chi connectivity index (χ4v) is 3.03. The second-order valence-corrected chi connectivity index (χ2v) is 6.89. The lowest BCUT2D eigenvalue weighted by molar-refractivity contribution is 0.415. The molecule has 0 saturated heterocycles. The molecule has 0 aromatic heterocycles. The van der Waals surface area contributed by atoms with Crippen LogP contribution in [0.4, 0.5) is 5.69 Å². The Hall–Kier alpha value is -1.27. The molecule has 1 aromatic carbocycles. The smallest absolute Gasteiger partial charge is 0.237 e. The number of anilines is 1. The highest BCUT2D eigenvalue weighted by molar-refractivity contribution is 7.93. The summed E-state index contributed by atoms with van der Waals surface area (Å²) in [7, 11) is -1.87. The van der Waals surface area contributed by atoms with E-state index >= 15 is 0 Å². The van der Waals surface area contributed by atoms with Crippen molar-refractivity contribution in [3.8, 4) is 5.75 Å². The third-order valence-electron chi connectivity index (χ3n) is 2.82. The first kappa shape index (κ1) is 15.8. The lowest BCUT2D eigenvalue weighted by Gasteiger charge is -2.27. The van der Waals surface area contributed by atoms with Crippen molar-refractivity contribution < 1.29 is 13.2 Å². The minimum atomic E-state index is -3.40. The summed E-state index contributed by atoms with van der Waals surface area (Å²) in [6.45, 7) is 4.14. The van der Waals surface area contributed by atoms with Crippen LogP contribution in [-0.2, 0) is 10.0 Å². The summed E-state index contributed by atoms with van der Waals surface area (Å²) in [4.78, 5) is 0. The van der Waals surface area contributed by atoms with Gasteiger partial charge in [-0.05, 0) is 38.9 Å². The maximum absolute atomic E-state index is 12.4. The molecule has 1 aromatic rings. The van der Waals surface area contributed by atoms with Crippen molar-refractivity contribution in [2.75, 3.05) is 24.5 Å². The maximum Gasteiger partial charge on any atom is 0.237 e. The van der Waals surface area contributed by atoms with Crippen LogP contribution >= 0.6 is 0 Å². The molecule has 0 spiro atoms. The number of rotatable bonds is 7. The molecular formula is C13H22N2O3S. The third-order valence-corrected chi connectivity index (χ3v) is 5.01. The van der Waals surface area contributed by atoms with Crippen molar-refractivity contribution in [1.29, 1.82) is 0 Å². The monoisotopic (exact) mass is 286 g/mol. The van der Waals surface area contributed by atoms with Crippen LogP contribution < -0.4 is 14.8 Å². The second-order valence-electron chi connectivity index (χ2n) is 4.48. The highest BCUT2D eigenvalue weighted by atomic mass is 32.2. The van der Waals surface area contributed by atoms with Crippen molar-refractivity contribution in [2.45, 2.75) is 25.5 Å². The first-order chi connectivity index (χ1) is 8.95. The Bertz CT molecular complexity index is 500. The standard InChI is InChI=1S/C13H22N2O3S/c1-11(2)19(16,17)15(10-6-9-14)12-7-4-5-8-13(12)18-3/h4-5,7-8,11H,6,9-10,14H2,1-3H3. The number of nitrogens with zero attached hydrogens (tertiary/aromatic N) is 1. The Labute approximate surface area is 115 Å². The molecular weight excluding hydrogens is 264 g/mol. The van der Waals surface area contributed by atoms with Crippen LogP contribution in [0.25, 0.3) is 0 Å². The molecule has 0 radical (unpaired) electrons.